The van der Waals surface area contributed by atoms with Crippen molar-refractivity contribution in [1.82, 2.24) is 25.0 Å². The summed E-state index contributed by atoms with van der Waals surface area (Å²) >= 11 is 0. The van der Waals surface area contributed by atoms with Crippen molar-refractivity contribution < 1.29 is 8.42 Å². The van der Waals surface area contributed by atoms with E-state index < -0.39 is 10.0 Å². The zero-order chi connectivity index (χ0) is 12.5. The number of hydrogen-bond acceptors (Lipinski definition) is 7. The van der Waals surface area contributed by atoms with E-state index in [1.807, 2.05) is 0 Å². The fourth-order valence-corrected chi connectivity index (χ4v) is 2.21. The molecule has 2 aromatic heterocycles. The zero-order valence-corrected chi connectivity index (χ0v) is 9.59. The van der Waals surface area contributed by atoms with Gasteiger partial charge in [-0.1, -0.05) is 0 Å². The Morgan fingerprint density at radius 1 is 1.41 bits per heavy atom. The molecule has 90 valence electrons. The largest absolute Gasteiger partial charge is 0.381 e. The Balaban J connectivity index is 2.35. The molecule has 17 heavy (non-hydrogen) atoms. The average molecular weight is 255 g/mol. The molecule has 3 N–H and O–H groups in total. The standard InChI is InChI=1S/C7H9N7O2S/c1-14-4-5(6(8)12-14)17(15,16)13-7-9-2-3-10-11-7/h2-4H,1H3,(H2,8,12)(H,9,11,13). The van der Waals surface area contributed by atoms with Gasteiger partial charge in [0.05, 0.1) is 12.4 Å². The van der Waals surface area contributed by atoms with E-state index in [9.17, 15) is 8.42 Å². The molecule has 0 aliphatic carbocycles. The molecule has 0 aromatic carbocycles. The highest BCUT2D eigenvalue weighted by molar-refractivity contribution is 7.92. The molecule has 0 amide bonds. The van der Waals surface area contributed by atoms with E-state index in [4.69, 9.17) is 5.73 Å². The van der Waals surface area contributed by atoms with Gasteiger partial charge in [-0.15, -0.1) is 5.10 Å². The second-order valence-electron chi connectivity index (χ2n) is 3.12. The van der Waals surface area contributed by atoms with E-state index >= 15 is 0 Å². The number of rotatable bonds is 3. The van der Waals surface area contributed by atoms with Crippen LogP contribution >= 0.6 is 0 Å². The zero-order valence-electron chi connectivity index (χ0n) is 8.77. The smallest absolute Gasteiger partial charge is 0.269 e. The first kappa shape index (κ1) is 11.3. The fourth-order valence-electron chi connectivity index (χ4n) is 1.16. The lowest BCUT2D eigenvalue weighted by atomic mass is 10.7. The number of sulfonamides is 1. The number of nitrogen functional groups attached to an aromatic ring is 1. The minimum Gasteiger partial charge on any atom is -0.381 e. The van der Waals surface area contributed by atoms with E-state index in [1.165, 1.54) is 23.3 Å². The van der Waals surface area contributed by atoms with Crippen LogP contribution in [0.2, 0.25) is 0 Å². The second-order valence-corrected chi connectivity index (χ2v) is 4.77. The van der Waals surface area contributed by atoms with Crippen LogP contribution in [0, 0.1) is 0 Å². The van der Waals surface area contributed by atoms with E-state index in [-0.39, 0.29) is 16.7 Å². The Labute approximate surface area is 96.7 Å². The molecule has 2 heterocycles. The molecule has 0 atom stereocenters. The summed E-state index contributed by atoms with van der Waals surface area (Å²) in [6, 6.07) is 0. The molecule has 0 saturated carbocycles. The molecule has 9 nitrogen and oxygen atoms in total. The first-order chi connectivity index (χ1) is 7.99. The van der Waals surface area contributed by atoms with E-state index in [1.54, 1.807) is 7.05 Å². The Kier molecular flexibility index (Phi) is 2.63. The normalized spacial score (nSPS) is 11.4. The summed E-state index contributed by atoms with van der Waals surface area (Å²) in [6.07, 6.45) is 3.93. The van der Waals surface area contributed by atoms with Crippen LogP contribution in [0.1, 0.15) is 0 Å². The molecule has 0 aliphatic heterocycles. The summed E-state index contributed by atoms with van der Waals surface area (Å²) in [5.74, 6) is -0.223. The van der Waals surface area contributed by atoms with Gasteiger partial charge in [0.15, 0.2) is 5.82 Å². The summed E-state index contributed by atoms with van der Waals surface area (Å²) in [5, 5.41) is 10.7. The quantitative estimate of drug-likeness (QED) is 0.718. The second kappa shape index (κ2) is 3.97. The number of nitrogens with two attached hydrogens (primary N) is 1. The van der Waals surface area contributed by atoms with Gasteiger partial charge >= 0.3 is 0 Å². The summed E-state index contributed by atoms with van der Waals surface area (Å²) in [7, 11) is -2.28. The van der Waals surface area contributed by atoms with Crippen LogP contribution in [0.3, 0.4) is 0 Å². The minimum absolute atomic E-state index is 0.0936. The Morgan fingerprint density at radius 2 is 2.18 bits per heavy atom. The van der Waals surface area contributed by atoms with Gasteiger partial charge in [-0.05, 0) is 0 Å². The van der Waals surface area contributed by atoms with Crippen LogP contribution in [-0.2, 0) is 17.1 Å². The number of hydrogen-bond donors (Lipinski definition) is 2. The van der Waals surface area contributed by atoms with Gasteiger partial charge in [-0.25, -0.2) is 18.1 Å². The molecule has 2 aromatic rings. The molecule has 0 unspecified atom stereocenters. The maximum Gasteiger partial charge on any atom is 0.269 e. The highest BCUT2D eigenvalue weighted by Gasteiger charge is 2.21. The van der Waals surface area contributed by atoms with Crippen molar-refractivity contribution in [3.63, 3.8) is 0 Å². The van der Waals surface area contributed by atoms with Crippen LogP contribution in [0.25, 0.3) is 0 Å². The SMILES string of the molecule is Cn1cc(S(=O)(=O)Nc2nccnn2)c(N)n1. The lowest BCUT2D eigenvalue weighted by molar-refractivity contribution is 0.600. The number of aryl methyl sites for hydroxylation is 1. The van der Waals surface area contributed by atoms with Crippen LogP contribution in [0.4, 0.5) is 11.8 Å². The Morgan fingerprint density at radius 3 is 2.71 bits per heavy atom. The highest BCUT2D eigenvalue weighted by Crippen LogP contribution is 2.17. The van der Waals surface area contributed by atoms with Gasteiger partial charge in [-0.3, -0.25) is 4.68 Å². The Bertz CT molecular complexity index is 621. The van der Waals surface area contributed by atoms with Crippen molar-refractivity contribution in [2.24, 2.45) is 7.05 Å². The molecule has 10 heteroatoms. The van der Waals surface area contributed by atoms with Gasteiger partial charge in [0.25, 0.3) is 16.0 Å². The fraction of sp³-hybridized carbons (Fsp3) is 0.143. The molecule has 0 radical (unpaired) electrons. The summed E-state index contributed by atoms with van der Waals surface area (Å²) in [5.41, 5.74) is 5.47. The number of nitrogens with zero attached hydrogens (tertiary/aromatic N) is 5. The van der Waals surface area contributed by atoms with Gasteiger partial charge in [0.1, 0.15) is 4.90 Å². The minimum atomic E-state index is -3.85. The maximum absolute atomic E-state index is 11.9. The third-order valence-corrected chi connectivity index (χ3v) is 3.16. The van der Waals surface area contributed by atoms with E-state index in [0.717, 1.165) is 0 Å². The lowest BCUT2D eigenvalue weighted by Gasteiger charge is -2.03. The number of nitrogens with one attached hydrogen (secondary N) is 1. The first-order valence-electron chi connectivity index (χ1n) is 4.44. The summed E-state index contributed by atoms with van der Waals surface area (Å²) in [6.45, 7) is 0. The van der Waals surface area contributed by atoms with Crippen molar-refractivity contribution in [3.05, 3.63) is 18.6 Å². The van der Waals surface area contributed by atoms with Crippen LogP contribution in [-0.4, -0.2) is 33.4 Å². The maximum atomic E-state index is 11.9. The van der Waals surface area contributed by atoms with E-state index in [0.29, 0.717) is 0 Å². The summed E-state index contributed by atoms with van der Waals surface area (Å²) in [4.78, 5) is 3.56. The lowest BCUT2D eigenvalue weighted by Crippen LogP contribution is -2.16. The van der Waals surface area contributed by atoms with E-state index in [2.05, 4.69) is 25.0 Å². The predicted octanol–water partition coefficient (Wildman–Crippen LogP) is -1.01. The molecule has 0 aliphatic rings. The highest BCUT2D eigenvalue weighted by atomic mass is 32.2. The average Bonchev–Trinajstić information content (AvgIpc) is 2.59. The van der Waals surface area contributed by atoms with Gasteiger partial charge in [-0.2, -0.15) is 10.2 Å². The van der Waals surface area contributed by atoms with Crippen molar-refractivity contribution in [2.75, 3.05) is 10.5 Å². The molecule has 2 rings (SSSR count). The first-order valence-corrected chi connectivity index (χ1v) is 5.93. The Hall–Kier alpha value is -2.23. The van der Waals surface area contributed by atoms with Crippen LogP contribution in [0.15, 0.2) is 23.5 Å². The monoisotopic (exact) mass is 255 g/mol. The molecule has 0 bridgehead atoms. The molecular weight excluding hydrogens is 246 g/mol. The number of anilines is 2. The van der Waals surface area contributed by atoms with Crippen LogP contribution in [0.5, 0.6) is 0 Å². The third kappa shape index (κ3) is 2.30. The topological polar surface area (TPSA) is 129 Å². The van der Waals surface area contributed by atoms with Gasteiger partial charge in [0, 0.05) is 13.2 Å². The third-order valence-electron chi connectivity index (χ3n) is 1.82. The summed E-state index contributed by atoms with van der Waals surface area (Å²) < 4.78 is 27.2. The molecule has 0 fully saturated rings. The van der Waals surface area contributed by atoms with Gasteiger partial charge in [0.2, 0.25) is 0 Å². The van der Waals surface area contributed by atoms with Crippen molar-refractivity contribution in [3.8, 4) is 0 Å². The molecule has 0 spiro atoms. The predicted molar refractivity (Wildman–Crippen MR) is 58.3 cm³/mol. The molecular formula is C7H9N7O2S. The van der Waals surface area contributed by atoms with Gasteiger partial charge < -0.3 is 5.73 Å². The van der Waals surface area contributed by atoms with Crippen molar-refractivity contribution in [1.29, 1.82) is 0 Å². The molecule has 0 saturated heterocycles. The van der Waals surface area contributed by atoms with Crippen molar-refractivity contribution >= 4 is 21.8 Å². The van der Waals surface area contributed by atoms with Crippen LogP contribution < -0.4 is 10.5 Å². The number of aromatic nitrogens is 5. The van der Waals surface area contributed by atoms with Crippen molar-refractivity contribution in [2.45, 2.75) is 4.90 Å².